The number of nitrogens with zero attached hydrogens (tertiary/aromatic N) is 3. The minimum atomic E-state index is 0.471. The number of fused-ring (bicyclic) bond motifs is 1. The van der Waals surface area contributed by atoms with Gasteiger partial charge in [0.2, 0.25) is 0 Å². The van der Waals surface area contributed by atoms with E-state index in [4.69, 9.17) is 0 Å². The predicted octanol–water partition coefficient (Wildman–Crippen LogP) is 2.10. The Labute approximate surface area is 104 Å². The topological polar surface area (TPSA) is 19.1 Å². The van der Waals surface area contributed by atoms with Gasteiger partial charge in [0.05, 0.1) is 22.9 Å². The summed E-state index contributed by atoms with van der Waals surface area (Å²) in [6.45, 7) is 6.72. The van der Waals surface area contributed by atoms with Gasteiger partial charge < -0.3 is 4.90 Å². The lowest BCUT2D eigenvalue weighted by atomic mass is 9.88. The molecule has 3 heteroatoms. The lowest BCUT2D eigenvalue weighted by Gasteiger charge is -2.28. The van der Waals surface area contributed by atoms with E-state index in [9.17, 15) is 0 Å². The molecule has 1 aliphatic rings. The van der Waals surface area contributed by atoms with E-state index >= 15 is 0 Å². The van der Waals surface area contributed by atoms with Crippen molar-refractivity contribution in [2.45, 2.75) is 32.7 Å². The van der Waals surface area contributed by atoms with Crippen molar-refractivity contribution in [3.8, 4) is 0 Å². The van der Waals surface area contributed by atoms with E-state index in [-0.39, 0.29) is 0 Å². The quantitative estimate of drug-likeness (QED) is 0.691. The van der Waals surface area contributed by atoms with Gasteiger partial charge in [-0.2, -0.15) is 0 Å². The van der Waals surface area contributed by atoms with E-state index in [0.717, 1.165) is 0 Å². The summed E-state index contributed by atoms with van der Waals surface area (Å²) < 4.78 is 2.36. The van der Waals surface area contributed by atoms with Gasteiger partial charge in [0.1, 0.15) is 7.05 Å². The van der Waals surface area contributed by atoms with Crippen molar-refractivity contribution in [1.82, 2.24) is 4.98 Å². The number of aromatic nitrogens is 1. The van der Waals surface area contributed by atoms with Crippen LogP contribution >= 0.6 is 0 Å². The molecular weight excluding hydrogens is 210 g/mol. The van der Waals surface area contributed by atoms with Crippen LogP contribution in [0.5, 0.6) is 0 Å². The predicted molar refractivity (Wildman–Crippen MR) is 72.4 cm³/mol. The second kappa shape index (κ2) is 4.13. The van der Waals surface area contributed by atoms with Crippen molar-refractivity contribution < 1.29 is 4.58 Å². The van der Waals surface area contributed by atoms with E-state index in [2.05, 4.69) is 62.4 Å². The molecule has 0 saturated heterocycles. The Bertz CT molecular complexity index is 474. The van der Waals surface area contributed by atoms with Crippen LogP contribution in [-0.4, -0.2) is 42.5 Å². The molecule has 0 bridgehead atoms. The standard InChI is InChI=1S/C14H22N3/c1-9-10(2)17(6)11(3)13-12(16(4)5)7-8-15-14(9)13/h7-10H,1-6H3/q+1. The number of pyridine rings is 1. The molecule has 2 rings (SSSR count). The molecule has 0 spiro atoms. The first-order chi connectivity index (χ1) is 7.95. The first-order valence-corrected chi connectivity index (χ1v) is 6.18. The van der Waals surface area contributed by atoms with Gasteiger partial charge in [0.15, 0.2) is 11.8 Å². The fourth-order valence-corrected chi connectivity index (χ4v) is 2.60. The maximum Gasteiger partial charge on any atom is 0.184 e. The first-order valence-electron chi connectivity index (χ1n) is 6.18. The molecular formula is C14H22N3+. The van der Waals surface area contributed by atoms with Gasteiger partial charge in [-0.15, -0.1) is 0 Å². The average molecular weight is 232 g/mol. The zero-order valence-corrected chi connectivity index (χ0v) is 11.7. The van der Waals surface area contributed by atoms with Crippen molar-refractivity contribution in [3.63, 3.8) is 0 Å². The molecule has 92 valence electrons. The summed E-state index contributed by atoms with van der Waals surface area (Å²) >= 11 is 0. The second-order valence-corrected chi connectivity index (χ2v) is 5.21. The van der Waals surface area contributed by atoms with Gasteiger partial charge in [-0.3, -0.25) is 4.98 Å². The van der Waals surface area contributed by atoms with Crippen LogP contribution in [0.15, 0.2) is 12.3 Å². The van der Waals surface area contributed by atoms with Crippen molar-refractivity contribution in [2.24, 2.45) is 0 Å². The minimum absolute atomic E-state index is 0.471. The molecule has 0 saturated carbocycles. The molecule has 2 unspecified atom stereocenters. The molecule has 0 N–H and O–H groups in total. The lowest BCUT2D eigenvalue weighted by molar-refractivity contribution is -0.539. The van der Waals surface area contributed by atoms with Gasteiger partial charge in [0, 0.05) is 27.2 Å². The van der Waals surface area contributed by atoms with Crippen molar-refractivity contribution in [1.29, 1.82) is 0 Å². The van der Waals surface area contributed by atoms with Gasteiger partial charge in [-0.1, -0.05) is 6.92 Å². The third kappa shape index (κ3) is 1.74. The molecule has 0 aliphatic carbocycles. The van der Waals surface area contributed by atoms with Crippen LogP contribution in [0.25, 0.3) is 0 Å². The summed E-state index contributed by atoms with van der Waals surface area (Å²) in [5.41, 5.74) is 5.13. The Morgan fingerprint density at radius 2 is 1.94 bits per heavy atom. The lowest BCUT2D eigenvalue weighted by Crippen LogP contribution is -2.37. The molecule has 2 heterocycles. The summed E-state index contributed by atoms with van der Waals surface area (Å²) in [6.07, 6.45) is 1.93. The fourth-order valence-electron chi connectivity index (χ4n) is 2.60. The average Bonchev–Trinajstić information content (AvgIpc) is 2.32. The van der Waals surface area contributed by atoms with Crippen LogP contribution in [0, 0.1) is 0 Å². The smallest absolute Gasteiger partial charge is 0.184 e. The van der Waals surface area contributed by atoms with Crippen LogP contribution in [0.1, 0.15) is 37.9 Å². The summed E-state index contributed by atoms with van der Waals surface area (Å²) in [6, 6.07) is 2.60. The maximum atomic E-state index is 4.60. The monoisotopic (exact) mass is 232 g/mol. The zero-order valence-electron chi connectivity index (χ0n) is 11.7. The third-order valence-electron chi connectivity index (χ3n) is 4.10. The Morgan fingerprint density at radius 3 is 2.53 bits per heavy atom. The maximum absolute atomic E-state index is 4.60. The molecule has 0 amide bonds. The van der Waals surface area contributed by atoms with Crippen LogP contribution < -0.4 is 4.90 Å². The third-order valence-corrected chi connectivity index (χ3v) is 4.10. The summed E-state index contributed by atoms with van der Waals surface area (Å²) in [5, 5.41) is 0. The highest BCUT2D eigenvalue weighted by atomic mass is 15.1. The van der Waals surface area contributed by atoms with E-state index in [1.807, 2.05) is 6.20 Å². The number of hydrogen-bond donors (Lipinski definition) is 0. The molecule has 1 aliphatic heterocycles. The van der Waals surface area contributed by atoms with Crippen LogP contribution in [0.2, 0.25) is 0 Å². The highest BCUT2D eigenvalue weighted by Crippen LogP contribution is 2.32. The van der Waals surface area contributed by atoms with Crippen LogP contribution in [-0.2, 0) is 0 Å². The molecule has 0 fully saturated rings. The first kappa shape index (κ1) is 12.1. The van der Waals surface area contributed by atoms with Crippen molar-refractivity contribution in [3.05, 3.63) is 23.5 Å². The van der Waals surface area contributed by atoms with E-state index in [1.54, 1.807) is 0 Å². The van der Waals surface area contributed by atoms with Crippen molar-refractivity contribution >= 4 is 11.4 Å². The van der Waals surface area contributed by atoms with Crippen molar-refractivity contribution in [2.75, 3.05) is 26.0 Å². The molecule has 2 atom stereocenters. The van der Waals surface area contributed by atoms with Crippen LogP contribution in [0.4, 0.5) is 5.69 Å². The Balaban J connectivity index is 2.72. The second-order valence-electron chi connectivity index (χ2n) is 5.21. The zero-order chi connectivity index (χ0) is 12.7. The van der Waals surface area contributed by atoms with Gasteiger partial charge in [0.25, 0.3) is 0 Å². The molecule has 0 radical (unpaired) electrons. The highest BCUT2D eigenvalue weighted by Gasteiger charge is 2.35. The summed E-state index contributed by atoms with van der Waals surface area (Å²) in [7, 11) is 6.35. The van der Waals surface area contributed by atoms with E-state index < -0.39 is 0 Å². The fraction of sp³-hybridized carbons (Fsp3) is 0.571. The molecule has 1 aromatic heterocycles. The SMILES string of the molecule is CC1=[N+](C)C(C)C(C)c2nccc(N(C)C)c21. The largest absolute Gasteiger partial charge is 0.377 e. The molecule has 17 heavy (non-hydrogen) atoms. The Hall–Kier alpha value is -1.38. The summed E-state index contributed by atoms with van der Waals surface area (Å²) in [5.74, 6) is 0.471. The number of rotatable bonds is 1. The number of hydrogen-bond acceptors (Lipinski definition) is 2. The molecule has 1 aromatic rings. The highest BCUT2D eigenvalue weighted by molar-refractivity contribution is 6.02. The van der Waals surface area contributed by atoms with Crippen LogP contribution in [0.3, 0.4) is 0 Å². The molecule has 3 nitrogen and oxygen atoms in total. The van der Waals surface area contributed by atoms with E-state index in [0.29, 0.717) is 12.0 Å². The summed E-state index contributed by atoms with van der Waals surface area (Å²) in [4.78, 5) is 6.77. The Morgan fingerprint density at radius 1 is 1.29 bits per heavy atom. The van der Waals surface area contributed by atoms with Gasteiger partial charge in [-0.25, -0.2) is 4.58 Å². The minimum Gasteiger partial charge on any atom is -0.377 e. The van der Waals surface area contributed by atoms with Gasteiger partial charge in [-0.05, 0) is 13.0 Å². The number of likely N-dealkylation sites (N-methyl/N-ethyl adjacent to an activating group) is 1. The Kier molecular flexibility index (Phi) is 2.94. The number of anilines is 1. The normalized spacial score (nSPS) is 23.6. The van der Waals surface area contributed by atoms with E-state index in [1.165, 1.54) is 22.7 Å². The molecule has 0 aromatic carbocycles. The van der Waals surface area contributed by atoms with Gasteiger partial charge >= 0.3 is 0 Å².